The third kappa shape index (κ3) is 4.32. The predicted octanol–water partition coefficient (Wildman–Crippen LogP) is 12.4. The molecule has 0 fully saturated rings. The van der Waals surface area contributed by atoms with Crippen LogP contribution in [0.4, 0.5) is 0 Å². The number of rotatable bonds is 4. The van der Waals surface area contributed by atoms with Crippen molar-refractivity contribution in [3.8, 4) is 34.2 Å². The van der Waals surface area contributed by atoms with Crippen molar-refractivity contribution in [1.29, 1.82) is 0 Å². The molecule has 0 bridgehead atoms. The molecule has 0 spiro atoms. The molecule has 238 valence electrons. The summed E-state index contributed by atoms with van der Waals surface area (Å²) in [6.45, 7) is 0. The van der Waals surface area contributed by atoms with Crippen LogP contribution < -0.4 is 0 Å². The van der Waals surface area contributed by atoms with E-state index in [9.17, 15) is 0 Å². The van der Waals surface area contributed by atoms with Gasteiger partial charge < -0.3 is 4.57 Å². The van der Waals surface area contributed by atoms with Crippen LogP contribution in [0.2, 0.25) is 0 Å². The van der Waals surface area contributed by atoms with E-state index in [1.54, 1.807) is 0 Å². The van der Waals surface area contributed by atoms with E-state index in [4.69, 9.17) is 9.97 Å². The number of aromatic nitrogens is 4. The van der Waals surface area contributed by atoms with Crippen LogP contribution in [-0.2, 0) is 0 Å². The van der Waals surface area contributed by atoms with E-state index in [1.807, 2.05) is 29.5 Å². The van der Waals surface area contributed by atoms with Crippen LogP contribution in [0.3, 0.4) is 0 Å². The Morgan fingerprint density at radius 1 is 0.373 bits per heavy atom. The Morgan fingerprint density at radius 3 is 1.75 bits per heavy atom. The third-order valence-corrected chi connectivity index (χ3v) is 11.3. The molecule has 0 aliphatic carbocycles. The van der Waals surface area contributed by atoms with Gasteiger partial charge in [0.2, 0.25) is 0 Å². The number of hydrogen-bond donors (Lipinski definition) is 0. The number of benzene rings is 7. The first-order valence-corrected chi connectivity index (χ1v) is 18.0. The highest BCUT2D eigenvalue weighted by Gasteiger charge is 2.20. The summed E-state index contributed by atoms with van der Waals surface area (Å²) in [7, 11) is 0. The summed E-state index contributed by atoms with van der Waals surface area (Å²) in [5, 5.41) is 7.43. The van der Waals surface area contributed by atoms with Crippen LogP contribution in [-0.4, -0.2) is 19.1 Å². The van der Waals surface area contributed by atoms with Gasteiger partial charge >= 0.3 is 0 Å². The minimum Gasteiger partial charge on any atom is -0.309 e. The zero-order valence-corrected chi connectivity index (χ0v) is 28.2. The largest absolute Gasteiger partial charge is 0.309 e. The SMILES string of the molecule is c1ccc(-c2nc(-c3ccc4c(c3)sc3ccccc34)cc(-n3c4ccccc4c4cc5c6ccccc6n(-c6ccccc6)c5cc43)n2)cc1. The van der Waals surface area contributed by atoms with E-state index in [0.717, 1.165) is 44.9 Å². The highest BCUT2D eigenvalue weighted by molar-refractivity contribution is 7.25. The minimum atomic E-state index is 0.699. The molecule has 4 nitrogen and oxygen atoms in total. The van der Waals surface area contributed by atoms with Crippen molar-refractivity contribution < 1.29 is 0 Å². The molecule has 0 radical (unpaired) electrons. The van der Waals surface area contributed by atoms with E-state index in [-0.39, 0.29) is 0 Å². The van der Waals surface area contributed by atoms with Crippen molar-refractivity contribution in [2.24, 2.45) is 0 Å². The van der Waals surface area contributed by atoms with Gasteiger partial charge in [-0.25, -0.2) is 9.97 Å². The lowest BCUT2D eigenvalue weighted by molar-refractivity contribution is 1.05. The average Bonchev–Trinajstić information content (AvgIpc) is 3.84. The molecular weight excluding hydrogens is 641 g/mol. The molecular formula is C46H28N4S. The standard InChI is InChI=1S/C46H28N4S/c1-3-13-29(14-4-1)46-47-38(30-23-24-35-34-19-9-12-22-43(34)51-44(35)25-30)27-45(48-46)50-40-21-11-8-18-33(40)37-26-36-32-17-7-10-20-39(32)49(41(36)28-42(37)50)31-15-5-2-6-16-31/h1-28H. The second kappa shape index (κ2) is 11.0. The molecule has 4 heterocycles. The van der Waals surface area contributed by atoms with Crippen molar-refractivity contribution in [3.63, 3.8) is 0 Å². The summed E-state index contributed by atoms with van der Waals surface area (Å²) in [4.78, 5) is 10.5. The van der Waals surface area contributed by atoms with Gasteiger partial charge in [-0.05, 0) is 48.5 Å². The van der Waals surface area contributed by atoms with Crippen LogP contribution in [0.5, 0.6) is 0 Å². The second-order valence-corrected chi connectivity index (χ2v) is 14.1. The molecule has 4 aromatic heterocycles. The zero-order valence-electron chi connectivity index (χ0n) is 27.4. The molecule has 7 aromatic carbocycles. The minimum absolute atomic E-state index is 0.699. The van der Waals surface area contributed by atoms with Crippen molar-refractivity contribution in [3.05, 3.63) is 170 Å². The van der Waals surface area contributed by atoms with Crippen molar-refractivity contribution in [1.82, 2.24) is 19.1 Å². The van der Waals surface area contributed by atoms with Crippen molar-refractivity contribution in [2.75, 3.05) is 0 Å². The Kier molecular flexibility index (Phi) is 6.09. The molecule has 0 amide bonds. The van der Waals surface area contributed by atoms with Gasteiger partial charge in [-0.15, -0.1) is 11.3 Å². The van der Waals surface area contributed by atoms with Gasteiger partial charge in [0, 0.05) is 64.6 Å². The van der Waals surface area contributed by atoms with E-state index in [2.05, 4.69) is 161 Å². The molecule has 11 aromatic rings. The Hall–Kier alpha value is -6.56. The van der Waals surface area contributed by atoms with Crippen LogP contribution in [0, 0.1) is 0 Å². The van der Waals surface area contributed by atoms with E-state index in [0.29, 0.717) is 5.82 Å². The van der Waals surface area contributed by atoms with Crippen LogP contribution in [0.1, 0.15) is 0 Å². The molecule has 0 N–H and O–H groups in total. The smallest absolute Gasteiger partial charge is 0.162 e. The average molecular weight is 669 g/mol. The number of hydrogen-bond acceptors (Lipinski definition) is 3. The fourth-order valence-corrected chi connectivity index (χ4v) is 8.98. The molecule has 0 saturated heterocycles. The highest BCUT2D eigenvalue weighted by atomic mass is 32.1. The fraction of sp³-hybridized carbons (Fsp3) is 0. The topological polar surface area (TPSA) is 35.6 Å². The fourth-order valence-electron chi connectivity index (χ4n) is 7.83. The van der Waals surface area contributed by atoms with Crippen molar-refractivity contribution in [2.45, 2.75) is 0 Å². The second-order valence-electron chi connectivity index (χ2n) is 13.0. The predicted molar refractivity (Wildman–Crippen MR) is 214 cm³/mol. The maximum Gasteiger partial charge on any atom is 0.162 e. The van der Waals surface area contributed by atoms with E-state index in [1.165, 1.54) is 47.2 Å². The number of para-hydroxylation sites is 3. The summed E-state index contributed by atoms with van der Waals surface area (Å²) in [5.74, 6) is 1.54. The Bertz CT molecular complexity index is 3130. The molecule has 0 saturated carbocycles. The molecule has 0 unspecified atom stereocenters. The van der Waals surface area contributed by atoms with Gasteiger partial charge in [0.25, 0.3) is 0 Å². The number of thiophene rings is 1. The van der Waals surface area contributed by atoms with Gasteiger partial charge in [-0.3, -0.25) is 4.57 Å². The van der Waals surface area contributed by atoms with Gasteiger partial charge in [0.15, 0.2) is 5.82 Å². The van der Waals surface area contributed by atoms with Gasteiger partial charge in [-0.2, -0.15) is 0 Å². The van der Waals surface area contributed by atoms with Crippen molar-refractivity contribution >= 4 is 75.1 Å². The highest BCUT2D eigenvalue weighted by Crippen LogP contribution is 2.41. The maximum atomic E-state index is 5.32. The molecule has 0 atom stereocenters. The summed E-state index contributed by atoms with van der Waals surface area (Å²) in [6, 6.07) is 60.6. The van der Waals surface area contributed by atoms with Crippen LogP contribution >= 0.6 is 11.3 Å². The Balaban J connectivity index is 1.22. The summed E-state index contributed by atoms with van der Waals surface area (Å²) >= 11 is 1.83. The summed E-state index contributed by atoms with van der Waals surface area (Å²) in [5.41, 5.74) is 8.65. The molecule has 0 aliphatic heterocycles. The first-order valence-electron chi connectivity index (χ1n) is 17.2. The monoisotopic (exact) mass is 668 g/mol. The molecule has 11 rings (SSSR count). The van der Waals surface area contributed by atoms with Crippen LogP contribution in [0.15, 0.2) is 170 Å². The quantitative estimate of drug-likeness (QED) is 0.187. The normalized spacial score (nSPS) is 11.9. The lowest BCUT2D eigenvalue weighted by atomic mass is 10.1. The third-order valence-electron chi connectivity index (χ3n) is 10.1. The molecule has 51 heavy (non-hydrogen) atoms. The van der Waals surface area contributed by atoms with Gasteiger partial charge in [-0.1, -0.05) is 115 Å². The Labute approximate surface area is 297 Å². The van der Waals surface area contributed by atoms with Gasteiger partial charge in [0.05, 0.1) is 27.8 Å². The first-order chi connectivity index (χ1) is 25.3. The van der Waals surface area contributed by atoms with Gasteiger partial charge in [0.1, 0.15) is 5.82 Å². The van der Waals surface area contributed by atoms with E-state index >= 15 is 0 Å². The summed E-state index contributed by atoms with van der Waals surface area (Å²) < 4.78 is 7.26. The summed E-state index contributed by atoms with van der Waals surface area (Å²) in [6.07, 6.45) is 0. The molecule has 0 aliphatic rings. The number of fused-ring (bicyclic) bond motifs is 9. The lowest BCUT2D eigenvalue weighted by Gasteiger charge is -2.13. The first kappa shape index (κ1) is 28.3. The van der Waals surface area contributed by atoms with Crippen LogP contribution in [0.25, 0.3) is 97.9 Å². The van der Waals surface area contributed by atoms with E-state index < -0.39 is 0 Å². The lowest BCUT2D eigenvalue weighted by Crippen LogP contribution is -2.02. The zero-order chi connectivity index (χ0) is 33.5. The number of nitrogens with zero attached hydrogens (tertiary/aromatic N) is 4. The maximum absolute atomic E-state index is 5.32. The Morgan fingerprint density at radius 2 is 0.980 bits per heavy atom. The molecule has 5 heteroatoms.